The highest BCUT2D eigenvalue weighted by atomic mass is 15.0. The molecule has 0 amide bonds. The Bertz CT molecular complexity index is 3070. The molecule has 2 heterocycles. The summed E-state index contributed by atoms with van der Waals surface area (Å²) in [6, 6.07) is 66.8. The average molecular weight is 635 g/mol. The Labute approximate surface area is 288 Å². The predicted octanol–water partition coefficient (Wildman–Crippen LogP) is 13.0. The summed E-state index contributed by atoms with van der Waals surface area (Å²) in [5, 5.41) is 12.8. The smallest absolute Gasteiger partial charge is 0.0547 e. The second kappa shape index (κ2) is 10.4. The van der Waals surface area contributed by atoms with Crippen LogP contribution < -0.4 is 0 Å². The number of nitrogens with zero attached hydrogens (tertiary/aromatic N) is 2. The second-order valence-corrected chi connectivity index (χ2v) is 13.3. The molecule has 0 bridgehead atoms. The SMILES string of the molecule is c1cc(-c2ccc3c4ccccc4n(-c4ccc5c6ccccc6c6ccccc6c5c4)c3c2)cc(-n2c3ccccc3c3ccccc32)c1. The van der Waals surface area contributed by atoms with Crippen molar-refractivity contribution in [1.82, 2.24) is 9.13 Å². The predicted molar refractivity (Wildman–Crippen MR) is 213 cm³/mol. The topological polar surface area (TPSA) is 9.86 Å². The van der Waals surface area contributed by atoms with Crippen LogP contribution in [0.4, 0.5) is 0 Å². The molecule has 0 spiro atoms. The van der Waals surface area contributed by atoms with Gasteiger partial charge in [0.1, 0.15) is 0 Å². The Morgan fingerprint density at radius 1 is 0.220 bits per heavy atom. The molecule has 11 aromatic rings. The van der Waals surface area contributed by atoms with E-state index in [2.05, 4.69) is 191 Å². The minimum atomic E-state index is 1.16. The van der Waals surface area contributed by atoms with Crippen molar-refractivity contribution in [3.8, 4) is 22.5 Å². The van der Waals surface area contributed by atoms with Crippen LogP contribution in [0.1, 0.15) is 0 Å². The number of benzene rings is 9. The first-order valence-electron chi connectivity index (χ1n) is 17.3. The third-order valence-electron chi connectivity index (χ3n) is 10.7. The summed E-state index contributed by atoms with van der Waals surface area (Å²) >= 11 is 0. The molecule has 0 radical (unpaired) electrons. The highest BCUT2D eigenvalue weighted by Crippen LogP contribution is 2.40. The van der Waals surface area contributed by atoms with E-state index in [-0.39, 0.29) is 0 Å². The van der Waals surface area contributed by atoms with E-state index in [1.54, 1.807) is 0 Å². The van der Waals surface area contributed by atoms with Gasteiger partial charge in [-0.05, 0) is 92.0 Å². The van der Waals surface area contributed by atoms with Gasteiger partial charge in [0.25, 0.3) is 0 Å². The maximum absolute atomic E-state index is 2.45. The maximum Gasteiger partial charge on any atom is 0.0547 e. The van der Waals surface area contributed by atoms with Crippen molar-refractivity contribution in [3.05, 3.63) is 182 Å². The maximum atomic E-state index is 2.45. The van der Waals surface area contributed by atoms with Gasteiger partial charge in [0.15, 0.2) is 0 Å². The zero-order valence-electron chi connectivity index (χ0n) is 27.2. The van der Waals surface area contributed by atoms with Crippen LogP contribution in [-0.2, 0) is 0 Å². The van der Waals surface area contributed by atoms with Gasteiger partial charge in [0.2, 0.25) is 0 Å². The summed E-state index contributed by atoms with van der Waals surface area (Å²) < 4.78 is 4.85. The molecule has 0 saturated carbocycles. The second-order valence-electron chi connectivity index (χ2n) is 13.3. The molecule has 0 saturated heterocycles. The highest BCUT2D eigenvalue weighted by Gasteiger charge is 2.17. The molecule has 50 heavy (non-hydrogen) atoms. The van der Waals surface area contributed by atoms with E-state index >= 15 is 0 Å². The molecule has 11 rings (SSSR count). The van der Waals surface area contributed by atoms with Gasteiger partial charge in [-0.1, -0.05) is 133 Å². The van der Waals surface area contributed by atoms with Crippen LogP contribution in [-0.4, -0.2) is 9.13 Å². The molecular weight excluding hydrogens is 605 g/mol. The summed E-state index contributed by atoms with van der Waals surface area (Å²) in [6.07, 6.45) is 0. The molecule has 232 valence electrons. The summed E-state index contributed by atoms with van der Waals surface area (Å²) in [6.45, 7) is 0. The van der Waals surface area contributed by atoms with Crippen molar-refractivity contribution in [1.29, 1.82) is 0 Å². The highest BCUT2D eigenvalue weighted by molar-refractivity contribution is 6.25. The Morgan fingerprint density at radius 3 is 1.20 bits per heavy atom. The first-order chi connectivity index (χ1) is 24.8. The Kier molecular flexibility index (Phi) is 5.70. The van der Waals surface area contributed by atoms with Gasteiger partial charge in [-0.2, -0.15) is 0 Å². The standard InChI is InChI=1S/C48H30N2/c1-2-16-37-35(14-1)36-15-3-4-17-38(36)44-30-34(25-27-39(37)44)50-47-23-10-7-20-42(47)43-26-24-32(29-48(43)50)31-12-11-13-33(28-31)49-45-21-8-5-18-40(45)41-19-6-9-22-46(41)49/h1-30H. The molecule has 0 aliphatic carbocycles. The lowest BCUT2D eigenvalue weighted by molar-refractivity contribution is 1.18. The van der Waals surface area contributed by atoms with Crippen molar-refractivity contribution in [2.75, 3.05) is 0 Å². The Hall–Kier alpha value is -6.64. The van der Waals surface area contributed by atoms with Gasteiger partial charge in [-0.25, -0.2) is 0 Å². The summed E-state index contributed by atoms with van der Waals surface area (Å²) in [7, 11) is 0. The number of aromatic nitrogens is 2. The van der Waals surface area contributed by atoms with E-state index in [9.17, 15) is 0 Å². The van der Waals surface area contributed by atoms with Gasteiger partial charge in [-0.3, -0.25) is 0 Å². The average Bonchev–Trinajstić information content (AvgIpc) is 3.70. The fraction of sp³-hybridized carbons (Fsp3) is 0. The molecule has 0 aliphatic heterocycles. The summed E-state index contributed by atoms with van der Waals surface area (Å²) in [5.74, 6) is 0. The molecule has 0 unspecified atom stereocenters. The summed E-state index contributed by atoms with van der Waals surface area (Å²) in [4.78, 5) is 0. The van der Waals surface area contributed by atoms with Crippen LogP contribution in [0.5, 0.6) is 0 Å². The van der Waals surface area contributed by atoms with Crippen LogP contribution in [0, 0.1) is 0 Å². The fourth-order valence-corrected chi connectivity index (χ4v) is 8.49. The van der Waals surface area contributed by atoms with Crippen molar-refractivity contribution >= 4 is 75.9 Å². The van der Waals surface area contributed by atoms with E-state index in [1.807, 2.05) is 0 Å². The molecule has 0 N–H and O–H groups in total. The first-order valence-corrected chi connectivity index (χ1v) is 17.3. The van der Waals surface area contributed by atoms with Crippen molar-refractivity contribution in [3.63, 3.8) is 0 Å². The monoisotopic (exact) mass is 634 g/mol. The van der Waals surface area contributed by atoms with Crippen LogP contribution in [0.25, 0.3) is 98.4 Å². The van der Waals surface area contributed by atoms with Crippen LogP contribution >= 0.6 is 0 Å². The quantitative estimate of drug-likeness (QED) is 0.171. The molecule has 0 atom stereocenters. The van der Waals surface area contributed by atoms with Gasteiger partial charge >= 0.3 is 0 Å². The molecule has 2 aromatic heterocycles. The van der Waals surface area contributed by atoms with E-state index in [4.69, 9.17) is 0 Å². The van der Waals surface area contributed by atoms with Crippen molar-refractivity contribution < 1.29 is 0 Å². The van der Waals surface area contributed by atoms with Crippen molar-refractivity contribution in [2.24, 2.45) is 0 Å². The van der Waals surface area contributed by atoms with Gasteiger partial charge in [-0.15, -0.1) is 0 Å². The lowest BCUT2D eigenvalue weighted by atomic mass is 9.94. The minimum absolute atomic E-state index is 1.16. The van der Waals surface area contributed by atoms with Gasteiger partial charge in [0.05, 0.1) is 22.1 Å². The lowest BCUT2D eigenvalue weighted by Crippen LogP contribution is -1.95. The molecule has 0 aliphatic rings. The number of hydrogen-bond acceptors (Lipinski definition) is 0. The first kappa shape index (κ1) is 27.3. The minimum Gasteiger partial charge on any atom is -0.309 e. The number of rotatable bonds is 3. The van der Waals surface area contributed by atoms with Crippen LogP contribution in [0.15, 0.2) is 182 Å². The molecule has 0 fully saturated rings. The van der Waals surface area contributed by atoms with Crippen LogP contribution in [0.2, 0.25) is 0 Å². The summed E-state index contributed by atoms with van der Waals surface area (Å²) in [5.41, 5.74) is 9.57. The lowest BCUT2D eigenvalue weighted by Gasteiger charge is -2.14. The van der Waals surface area contributed by atoms with E-state index in [0.29, 0.717) is 0 Å². The zero-order valence-corrected chi connectivity index (χ0v) is 27.2. The normalized spacial score (nSPS) is 12.0. The van der Waals surface area contributed by atoms with Crippen molar-refractivity contribution in [2.45, 2.75) is 0 Å². The van der Waals surface area contributed by atoms with E-state index < -0.39 is 0 Å². The third-order valence-corrected chi connectivity index (χ3v) is 10.7. The van der Waals surface area contributed by atoms with E-state index in [0.717, 1.165) is 5.69 Å². The number of hydrogen-bond donors (Lipinski definition) is 0. The molecular formula is C48H30N2. The molecule has 9 aromatic carbocycles. The van der Waals surface area contributed by atoms with Gasteiger partial charge in [0, 0.05) is 32.9 Å². The fourth-order valence-electron chi connectivity index (χ4n) is 8.49. The Morgan fingerprint density at radius 2 is 0.620 bits per heavy atom. The third kappa shape index (κ3) is 3.85. The van der Waals surface area contributed by atoms with Gasteiger partial charge < -0.3 is 9.13 Å². The Balaban J connectivity index is 1.14. The largest absolute Gasteiger partial charge is 0.309 e. The number of fused-ring (bicyclic) bond motifs is 12. The zero-order chi connectivity index (χ0) is 32.8. The molecule has 2 nitrogen and oxygen atoms in total. The molecule has 2 heteroatoms. The van der Waals surface area contributed by atoms with E-state index in [1.165, 1.54) is 92.7 Å². The number of para-hydroxylation sites is 3. The van der Waals surface area contributed by atoms with Crippen LogP contribution in [0.3, 0.4) is 0 Å².